The molecule has 0 radical (unpaired) electrons. The van der Waals surface area contributed by atoms with Gasteiger partial charge >= 0.3 is 0 Å². The zero-order valence-electron chi connectivity index (χ0n) is 13.7. The van der Waals surface area contributed by atoms with E-state index in [1.165, 1.54) is 6.07 Å². The third-order valence-corrected chi connectivity index (χ3v) is 3.84. The summed E-state index contributed by atoms with van der Waals surface area (Å²) >= 11 is 5.27. The molecule has 5 heteroatoms. The Bertz CT molecular complexity index is 864. The highest BCUT2D eigenvalue weighted by Gasteiger charge is 2.03. The van der Waals surface area contributed by atoms with Crippen LogP contribution < -0.4 is 16.0 Å². The van der Waals surface area contributed by atoms with Crippen LogP contribution in [0.4, 0.5) is 27.1 Å². The highest BCUT2D eigenvalue weighted by atomic mass is 32.1. The minimum Gasteiger partial charge on any atom is -0.356 e. The van der Waals surface area contributed by atoms with Gasteiger partial charge in [-0.25, -0.2) is 4.39 Å². The molecule has 3 aromatic carbocycles. The van der Waals surface area contributed by atoms with Crippen molar-refractivity contribution in [2.45, 2.75) is 6.92 Å². The fraction of sp³-hybridized carbons (Fsp3) is 0.0500. The van der Waals surface area contributed by atoms with E-state index in [-0.39, 0.29) is 5.82 Å². The molecule has 0 aliphatic carbocycles. The van der Waals surface area contributed by atoms with Gasteiger partial charge in [-0.05, 0) is 73.2 Å². The van der Waals surface area contributed by atoms with Gasteiger partial charge in [-0.2, -0.15) is 0 Å². The smallest absolute Gasteiger partial charge is 0.175 e. The van der Waals surface area contributed by atoms with Gasteiger partial charge in [0.15, 0.2) is 5.11 Å². The second-order valence-corrected chi connectivity index (χ2v) is 6.02. The lowest BCUT2D eigenvalue weighted by molar-refractivity contribution is 0.619. The fourth-order valence-corrected chi connectivity index (χ4v) is 2.52. The third kappa shape index (κ3) is 4.78. The number of nitrogens with one attached hydrogen (secondary N) is 3. The van der Waals surface area contributed by atoms with Crippen molar-refractivity contribution in [3.8, 4) is 0 Å². The van der Waals surface area contributed by atoms with Gasteiger partial charge in [0.2, 0.25) is 0 Å². The molecule has 3 N–H and O–H groups in total. The standard InChI is InChI=1S/C20H18FN3S/c1-14-7-8-18(13-19(14)21)24-20(25)23-17-11-9-16(10-12-17)22-15-5-3-2-4-6-15/h2-13,22H,1H3,(H2,23,24,25). The summed E-state index contributed by atoms with van der Waals surface area (Å²) in [6, 6.07) is 22.7. The summed E-state index contributed by atoms with van der Waals surface area (Å²) in [7, 11) is 0. The van der Waals surface area contributed by atoms with E-state index < -0.39 is 0 Å². The van der Waals surface area contributed by atoms with Crippen molar-refractivity contribution in [3.63, 3.8) is 0 Å². The maximum Gasteiger partial charge on any atom is 0.175 e. The van der Waals surface area contributed by atoms with Gasteiger partial charge in [0.1, 0.15) is 5.82 Å². The molecule has 0 saturated heterocycles. The Kier molecular flexibility index (Phi) is 5.26. The van der Waals surface area contributed by atoms with Crippen LogP contribution in [0.5, 0.6) is 0 Å². The van der Waals surface area contributed by atoms with Gasteiger partial charge in [0.25, 0.3) is 0 Å². The van der Waals surface area contributed by atoms with E-state index in [4.69, 9.17) is 12.2 Å². The van der Waals surface area contributed by atoms with Crippen LogP contribution in [-0.2, 0) is 0 Å². The van der Waals surface area contributed by atoms with Crippen LogP contribution in [0.25, 0.3) is 0 Å². The lowest BCUT2D eigenvalue weighted by atomic mass is 10.2. The van der Waals surface area contributed by atoms with Gasteiger partial charge in [-0.15, -0.1) is 0 Å². The number of hydrogen-bond donors (Lipinski definition) is 3. The van der Waals surface area contributed by atoms with Crippen molar-refractivity contribution in [1.82, 2.24) is 0 Å². The Morgan fingerprint density at radius 3 is 2.00 bits per heavy atom. The van der Waals surface area contributed by atoms with E-state index in [2.05, 4.69) is 16.0 Å². The number of anilines is 4. The van der Waals surface area contributed by atoms with Crippen LogP contribution in [0.1, 0.15) is 5.56 Å². The van der Waals surface area contributed by atoms with Crippen LogP contribution in [-0.4, -0.2) is 5.11 Å². The monoisotopic (exact) mass is 351 g/mol. The van der Waals surface area contributed by atoms with E-state index in [0.29, 0.717) is 16.4 Å². The second-order valence-electron chi connectivity index (χ2n) is 5.61. The number of para-hydroxylation sites is 1. The minimum absolute atomic E-state index is 0.260. The Balaban J connectivity index is 1.59. The molecule has 3 rings (SSSR count). The first-order valence-corrected chi connectivity index (χ1v) is 8.27. The summed E-state index contributed by atoms with van der Waals surface area (Å²) < 4.78 is 13.6. The molecule has 3 aromatic rings. The minimum atomic E-state index is -0.260. The highest BCUT2D eigenvalue weighted by Crippen LogP contribution is 2.19. The van der Waals surface area contributed by atoms with Crippen molar-refractivity contribution in [2.24, 2.45) is 0 Å². The highest BCUT2D eigenvalue weighted by molar-refractivity contribution is 7.80. The summed E-state index contributed by atoms with van der Waals surface area (Å²) in [6.45, 7) is 1.72. The van der Waals surface area contributed by atoms with Crippen molar-refractivity contribution in [2.75, 3.05) is 16.0 Å². The number of thiocarbonyl (C=S) groups is 1. The molecule has 0 saturated carbocycles. The number of aryl methyl sites for hydroxylation is 1. The predicted octanol–water partition coefficient (Wildman–Crippen LogP) is 5.69. The maximum atomic E-state index is 13.6. The fourth-order valence-electron chi connectivity index (χ4n) is 2.29. The number of hydrogen-bond acceptors (Lipinski definition) is 2. The number of rotatable bonds is 4. The van der Waals surface area contributed by atoms with E-state index in [1.807, 2.05) is 54.6 Å². The molecule has 25 heavy (non-hydrogen) atoms. The average Bonchev–Trinajstić information content (AvgIpc) is 2.61. The first-order chi connectivity index (χ1) is 12.1. The zero-order chi connectivity index (χ0) is 17.6. The summed E-state index contributed by atoms with van der Waals surface area (Å²) in [4.78, 5) is 0. The summed E-state index contributed by atoms with van der Waals surface area (Å²) in [6.07, 6.45) is 0. The Hall–Kier alpha value is -2.92. The lowest BCUT2D eigenvalue weighted by Gasteiger charge is -2.12. The predicted molar refractivity (Wildman–Crippen MR) is 107 cm³/mol. The van der Waals surface area contributed by atoms with Gasteiger partial charge < -0.3 is 16.0 Å². The Labute approximate surface area is 151 Å². The SMILES string of the molecule is Cc1ccc(NC(=S)Nc2ccc(Nc3ccccc3)cc2)cc1F. The normalized spacial score (nSPS) is 10.2. The maximum absolute atomic E-state index is 13.6. The van der Waals surface area contributed by atoms with Crippen LogP contribution in [0.3, 0.4) is 0 Å². The van der Waals surface area contributed by atoms with E-state index in [1.54, 1.807) is 19.1 Å². The van der Waals surface area contributed by atoms with Gasteiger partial charge in [0, 0.05) is 22.7 Å². The van der Waals surface area contributed by atoms with E-state index in [0.717, 1.165) is 17.1 Å². The molecule has 0 amide bonds. The van der Waals surface area contributed by atoms with Gasteiger partial charge in [-0.1, -0.05) is 24.3 Å². The summed E-state index contributed by atoms with van der Waals surface area (Å²) in [5.41, 5.74) is 4.08. The first-order valence-electron chi connectivity index (χ1n) is 7.86. The molecular weight excluding hydrogens is 333 g/mol. The first kappa shape index (κ1) is 16.9. The quantitative estimate of drug-likeness (QED) is 0.528. The molecule has 0 atom stereocenters. The second kappa shape index (κ2) is 7.77. The van der Waals surface area contributed by atoms with Crippen LogP contribution >= 0.6 is 12.2 Å². The topological polar surface area (TPSA) is 36.1 Å². The lowest BCUT2D eigenvalue weighted by Crippen LogP contribution is -2.19. The van der Waals surface area contributed by atoms with E-state index >= 15 is 0 Å². The van der Waals surface area contributed by atoms with Gasteiger partial charge in [0.05, 0.1) is 0 Å². The van der Waals surface area contributed by atoms with Crippen molar-refractivity contribution in [3.05, 3.63) is 84.2 Å². The van der Waals surface area contributed by atoms with Crippen LogP contribution in [0.15, 0.2) is 72.8 Å². The molecule has 0 aliphatic rings. The average molecular weight is 351 g/mol. The summed E-state index contributed by atoms with van der Waals surface area (Å²) in [5, 5.41) is 9.79. The molecule has 3 nitrogen and oxygen atoms in total. The Morgan fingerprint density at radius 1 is 0.760 bits per heavy atom. The molecule has 0 aliphatic heterocycles. The molecule has 0 unspecified atom stereocenters. The van der Waals surface area contributed by atoms with Crippen molar-refractivity contribution >= 4 is 40.1 Å². The van der Waals surface area contributed by atoms with Crippen LogP contribution in [0.2, 0.25) is 0 Å². The molecule has 0 bridgehead atoms. The van der Waals surface area contributed by atoms with Gasteiger partial charge in [-0.3, -0.25) is 0 Å². The molecular formula is C20H18FN3S. The molecule has 0 heterocycles. The van der Waals surface area contributed by atoms with Crippen LogP contribution in [0, 0.1) is 12.7 Å². The van der Waals surface area contributed by atoms with Crippen molar-refractivity contribution in [1.29, 1.82) is 0 Å². The number of halogens is 1. The van der Waals surface area contributed by atoms with Crippen molar-refractivity contribution < 1.29 is 4.39 Å². The van der Waals surface area contributed by atoms with E-state index in [9.17, 15) is 4.39 Å². The molecule has 126 valence electrons. The third-order valence-electron chi connectivity index (χ3n) is 3.63. The molecule has 0 fully saturated rings. The Morgan fingerprint density at radius 2 is 1.32 bits per heavy atom. The molecule has 0 aromatic heterocycles. The number of benzene rings is 3. The summed E-state index contributed by atoms with van der Waals surface area (Å²) in [5.74, 6) is -0.260. The molecule has 0 spiro atoms. The zero-order valence-corrected chi connectivity index (χ0v) is 14.5. The largest absolute Gasteiger partial charge is 0.356 e.